The van der Waals surface area contributed by atoms with Gasteiger partial charge in [-0.05, 0) is 125 Å². The summed E-state index contributed by atoms with van der Waals surface area (Å²) in [5.74, 6) is 0.456. The zero-order chi connectivity index (χ0) is 46.3. The van der Waals surface area contributed by atoms with Gasteiger partial charge in [0.1, 0.15) is 0 Å². The maximum atomic E-state index is 11.6. The number of benzene rings is 4. The fourth-order valence-electron chi connectivity index (χ4n) is 15.2. The van der Waals surface area contributed by atoms with Gasteiger partial charge in [-0.1, -0.05) is 167 Å². The molecule has 4 heteroatoms. The van der Waals surface area contributed by atoms with Crippen LogP contribution in [0.25, 0.3) is 22.2 Å². The third kappa shape index (κ3) is 5.74. The van der Waals surface area contributed by atoms with Crippen LogP contribution in [0.15, 0.2) is 192 Å². The topological polar surface area (TPSA) is 35.2 Å². The summed E-state index contributed by atoms with van der Waals surface area (Å²) in [7, 11) is 0. The second-order valence-electron chi connectivity index (χ2n) is 22.2. The molecule has 4 aromatic carbocycles. The van der Waals surface area contributed by atoms with Crippen molar-refractivity contribution in [3.63, 3.8) is 0 Å². The number of nitrogens with zero attached hydrogens (tertiary/aromatic N) is 4. The third-order valence-electron chi connectivity index (χ3n) is 18.2. The summed E-state index contributed by atoms with van der Waals surface area (Å²) in [5.41, 5.74) is 22.4. The van der Waals surface area contributed by atoms with E-state index in [9.17, 15) is 5.26 Å². The van der Waals surface area contributed by atoms with E-state index in [2.05, 4.69) is 212 Å². The Morgan fingerprint density at radius 2 is 1.52 bits per heavy atom. The SMILES string of the molecule is CC1(C)C2=C(CCC=C2)C2=C1c1c(n(C3=CC(N4c5ccccc5C5CCC=CC54)C(C#N)C=C3C3C=CC(c4ccc5c(c4)C4CC=CC=C4C5(C)C)N3c3ccccc3)c3ccccc13)CC2. The number of para-hydroxylation sites is 3. The molecule has 4 nitrogen and oxygen atoms in total. The number of hydrogen-bond donors (Lipinski definition) is 0. The first-order valence-electron chi connectivity index (χ1n) is 25.9. The molecule has 0 bridgehead atoms. The molecule has 69 heavy (non-hydrogen) atoms. The van der Waals surface area contributed by atoms with Crippen molar-refractivity contribution in [1.29, 1.82) is 5.26 Å². The molecule has 340 valence electrons. The molecule has 0 saturated carbocycles. The first-order chi connectivity index (χ1) is 33.7. The van der Waals surface area contributed by atoms with Crippen molar-refractivity contribution in [2.75, 3.05) is 9.80 Å². The van der Waals surface area contributed by atoms with E-state index in [-0.39, 0.29) is 40.9 Å². The van der Waals surface area contributed by atoms with Crippen molar-refractivity contribution in [2.45, 2.75) is 114 Å². The minimum Gasteiger partial charge on any atom is -0.356 e. The number of fused-ring (bicyclic) bond motifs is 11. The lowest BCUT2D eigenvalue weighted by Crippen LogP contribution is -2.46. The lowest BCUT2D eigenvalue weighted by atomic mass is 9.74. The van der Waals surface area contributed by atoms with Crippen LogP contribution in [0.2, 0.25) is 0 Å². The Bertz CT molecular complexity index is 3380. The highest BCUT2D eigenvalue weighted by Gasteiger charge is 2.48. The Hall–Kier alpha value is -6.83. The van der Waals surface area contributed by atoms with Gasteiger partial charge in [0.2, 0.25) is 0 Å². The number of rotatable bonds is 5. The maximum absolute atomic E-state index is 11.6. The summed E-state index contributed by atoms with van der Waals surface area (Å²) >= 11 is 0. The zero-order valence-corrected chi connectivity index (χ0v) is 40.4. The maximum Gasteiger partial charge on any atom is 0.0891 e. The van der Waals surface area contributed by atoms with Crippen LogP contribution >= 0.6 is 0 Å². The number of nitriles is 1. The molecule has 9 aliphatic rings. The van der Waals surface area contributed by atoms with Gasteiger partial charge in [-0.3, -0.25) is 0 Å². The molecule has 3 heterocycles. The number of allylic oxidation sites excluding steroid dienone is 11. The fraction of sp³-hybridized carbons (Fsp3) is 0.308. The number of aromatic nitrogens is 1. The summed E-state index contributed by atoms with van der Waals surface area (Å²) in [6, 6.07) is 39.6. The molecule has 0 saturated heterocycles. The molecular formula is C65H60N4. The van der Waals surface area contributed by atoms with Crippen molar-refractivity contribution >= 4 is 33.5 Å². The first-order valence-corrected chi connectivity index (χ1v) is 25.9. The highest BCUT2D eigenvalue weighted by atomic mass is 15.2. The highest BCUT2D eigenvalue weighted by Crippen LogP contribution is 2.60. The predicted molar refractivity (Wildman–Crippen MR) is 284 cm³/mol. The Labute approximate surface area is 408 Å². The smallest absolute Gasteiger partial charge is 0.0891 e. The molecule has 14 rings (SSSR count). The second-order valence-corrected chi connectivity index (χ2v) is 22.2. The molecule has 7 atom stereocenters. The van der Waals surface area contributed by atoms with Gasteiger partial charge in [0.05, 0.1) is 41.7 Å². The van der Waals surface area contributed by atoms with Gasteiger partial charge >= 0.3 is 0 Å². The van der Waals surface area contributed by atoms with E-state index < -0.39 is 0 Å². The van der Waals surface area contributed by atoms with Gasteiger partial charge in [-0.15, -0.1) is 0 Å². The van der Waals surface area contributed by atoms with Crippen molar-refractivity contribution < 1.29 is 0 Å². The van der Waals surface area contributed by atoms with E-state index in [0.29, 0.717) is 11.8 Å². The molecule has 1 aromatic heterocycles. The van der Waals surface area contributed by atoms with Crippen molar-refractivity contribution in [3.05, 3.63) is 225 Å². The molecule has 7 aliphatic carbocycles. The summed E-state index contributed by atoms with van der Waals surface area (Å²) in [5, 5.41) is 12.9. The summed E-state index contributed by atoms with van der Waals surface area (Å²) in [6.07, 6.45) is 34.1. The monoisotopic (exact) mass is 896 g/mol. The number of anilines is 2. The fourth-order valence-corrected chi connectivity index (χ4v) is 15.2. The van der Waals surface area contributed by atoms with Crippen LogP contribution in [0.5, 0.6) is 0 Å². The van der Waals surface area contributed by atoms with E-state index in [0.717, 1.165) is 44.9 Å². The average molecular weight is 897 g/mol. The van der Waals surface area contributed by atoms with Gasteiger partial charge in [-0.2, -0.15) is 5.26 Å². The van der Waals surface area contributed by atoms with Crippen molar-refractivity contribution in [1.82, 2.24) is 4.57 Å². The highest BCUT2D eigenvalue weighted by molar-refractivity contribution is 6.03. The van der Waals surface area contributed by atoms with Gasteiger partial charge < -0.3 is 14.4 Å². The van der Waals surface area contributed by atoms with Crippen molar-refractivity contribution in [2.24, 2.45) is 11.3 Å². The minimum atomic E-state index is -0.369. The van der Waals surface area contributed by atoms with Crippen LogP contribution in [0.3, 0.4) is 0 Å². The van der Waals surface area contributed by atoms with Crippen LogP contribution in [0.1, 0.15) is 118 Å². The number of hydrogen-bond acceptors (Lipinski definition) is 3. The van der Waals surface area contributed by atoms with E-state index in [4.69, 9.17) is 0 Å². The molecule has 0 amide bonds. The molecule has 0 fully saturated rings. The van der Waals surface area contributed by atoms with Crippen LogP contribution in [-0.2, 0) is 11.8 Å². The Morgan fingerprint density at radius 1 is 0.696 bits per heavy atom. The Balaban J connectivity index is 0.973. The molecule has 2 aliphatic heterocycles. The minimum absolute atomic E-state index is 0.00440. The lowest BCUT2D eigenvalue weighted by Gasteiger charge is -2.42. The molecular weight excluding hydrogens is 837 g/mol. The van der Waals surface area contributed by atoms with E-state index in [1.165, 1.54) is 83.8 Å². The standard InChI is InChI=1S/C65H60N4/c1-64(2)51-25-13-9-21-44(51)49-36-40(30-32-53(49)64)54-34-35-58(67(54)42-18-6-5-7-19-42)50-37-41(39-66)60(68-55-27-15-10-22-45(55)46-23-11-16-28-56(46)68)38-61(50)69-57-29-17-12-24-48(57)62-59(69)33-31-47-43-20-8-14-26-52(43)65(3,4)63(47)62/h5-7,9-10,12-19,22,24-30,32,34-38,41,44,46,54,56,58,60H,8,11,20-21,23,31,33H2,1-4H3. The van der Waals surface area contributed by atoms with E-state index in [1.54, 1.807) is 11.1 Å². The Morgan fingerprint density at radius 3 is 2.41 bits per heavy atom. The van der Waals surface area contributed by atoms with Crippen LogP contribution in [0.4, 0.5) is 11.4 Å². The van der Waals surface area contributed by atoms with Gasteiger partial charge in [0.25, 0.3) is 0 Å². The summed E-state index contributed by atoms with van der Waals surface area (Å²) < 4.78 is 2.69. The largest absolute Gasteiger partial charge is 0.356 e. The quantitative estimate of drug-likeness (QED) is 0.165. The molecule has 0 N–H and O–H groups in total. The lowest BCUT2D eigenvalue weighted by molar-refractivity contribution is 0.500. The van der Waals surface area contributed by atoms with Crippen LogP contribution in [-0.4, -0.2) is 22.7 Å². The first kappa shape index (κ1) is 41.2. The van der Waals surface area contributed by atoms with Crippen LogP contribution in [0, 0.1) is 22.7 Å². The molecule has 0 spiro atoms. The molecule has 0 radical (unpaired) electrons. The summed E-state index contributed by atoms with van der Waals surface area (Å²) in [6.45, 7) is 9.76. The summed E-state index contributed by atoms with van der Waals surface area (Å²) in [4.78, 5) is 5.29. The second kappa shape index (κ2) is 15.1. The van der Waals surface area contributed by atoms with E-state index in [1.807, 2.05) is 0 Å². The average Bonchev–Trinajstić information content (AvgIpc) is 4.17. The van der Waals surface area contributed by atoms with Gasteiger partial charge in [0, 0.05) is 56.4 Å². The molecule has 7 unspecified atom stereocenters. The Kier molecular flexibility index (Phi) is 9.00. The van der Waals surface area contributed by atoms with Crippen LogP contribution < -0.4 is 9.80 Å². The van der Waals surface area contributed by atoms with Crippen molar-refractivity contribution in [3.8, 4) is 6.07 Å². The van der Waals surface area contributed by atoms with Gasteiger partial charge in [-0.25, -0.2) is 0 Å². The van der Waals surface area contributed by atoms with Gasteiger partial charge in [0.15, 0.2) is 0 Å². The zero-order valence-electron chi connectivity index (χ0n) is 40.4. The normalized spacial score (nSPS) is 28.4. The van der Waals surface area contributed by atoms with E-state index >= 15 is 0 Å². The molecule has 5 aromatic rings. The third-order valence-corrected chi connectivity index (χ3v) is 18.2. The predicted octanol–water partition coefficient (Wildman–Crippen LogP) is 15.1.